The van der Waals surface area contributed by atoms with Crippen molar-refractivity contribution in [2.45, 2.75) is 62.7 Å². The minimum absolute atomic E-state index is 0.0958. The summed E-state index contributed by atoms with van der Waals surface area (Å²) in [5.74, 6) is -5.81. The van der Waals surface area contributed by atoms with E-state index in [2.05, 4.69) is 16.0 Å². The number of hydrogen-bond donors (Lipinski definition) is 8. The lowest BCUT2D eigenvalue weighted by atomic mass is 10.1. The normalized spacial score (nSPS) is 14.2. The molecular weight excluding hydrogens is 472 g/mol. The Labute approximate surface area is 201 Å². The molecule has 34 heavy (non-hydrogen) atoms. The average Bonchev–Trinajstić information content (AvgIpc) is 2.74. The Morgan fingerprint density at radius 2 is 1.38 bits per heavy atom. The van der Waals surface area contributed by atoms with Gasteiger partial charge in [0.15, 0.2) is 0 Å². The number of aliphatic carboxylic acids is 2. The first-order valence-electron chi connectivity index (χ1n) is 10.5. The maximum Gasteiger partial charge on any atom is 0.326 e. The van der Waals surface area contributed by atoms with Crippen molar-refractivity contribution in [2.75, 3.05) is 18.6 Å². The molecule has 0 spiro atoms. The number of unbranched alkanes of at least 4 members (excludes halogenated alkanes) is 1. The Balaban J connectivity index is 5.50. The molecule has 0 fully saturated rings. The maximum absolute atomic E-state index is 12.8. The molecule has 4 atom stereocenters. The van der Waals surface area contributed by atoms with Crippen molar-refractivity contribution < 1.29 is 39.0 Å². The topological polar surface area (TPSA) is 257 Å². The van der Waals surface area contributed by atoms with Crippen LogP contribution in [0.15, 0.2) is 0 Å². The molecule has 0 bridgehead atoms. The zero-order chi connectivity index (χ0) is 26.3. The van der Waals surface area contributed by atoms with E-state index in [0.29, 0.717) is 25.1 Å². The predicted octanol–water partition coefficient (Wildman–Crippen LogP) is -2.92. The fourth-order valence-corrected chi connectivity index (χ4v) is 3.24. The Morgan fingerprint density at radius 1 is 0.824 bits per heavy atom. The molecule has 0 aliphatic rings. The summed E-state index contributed by atoms with van der Waals surface area (Å²) in [5.41, 5.74) is 16.0. The van der Waals surface area contributed by atoms with Crippen molar-refractivity contribution in [3.8, 4) is 0 Å². The molecule has 0 saturated heterocycles. The quantitative estimate of drug-likeness (QED) is 0.0873. The smallest absolute Gasteiger partial charge is 0.326 e. The monoisotopic (exact) mass is 506 g/mol. The lowest BCUT2D eigenvalue weighted by Gasteiger charge is -2.24. The summed E-state index contributed by atoms with van der Waals surface area (Å²) in [6, 6.07) is -5.41. The van der Waals surface area contributed by atoms with Crippen molar-refractivity contribution in [1.29, 1.82) is 0 Å². The molecule has 0 aromatic rings. The van der Waals surface area contributed by atoms with Crippen molar-refractivity contribution in [2.24, 2.45) is 17.2 Å². The Kier molecular flexibility index (Phi) is 15.2. The standard InChI is InChI=1S/C19H34N6O8S/c1-34-7-5-12(19(32)33)24-17(30)11(4-2-3-6-20)23-18(31)13(9-15(27)28)25-16(29)10(21)8-14(22)26/h10-13H,2-9,20-21H2,1H3,(H2,22,26)(H,23,31)(H,24,30)(H,25,29)(H,27,28)(H,32,33). The van der Waals surface area contributed by atoms with Gasteiger partial charge in [0.1, 0.15) is 18.1 Å². The van der Waals surface area contributed by atoms with E-state index in [1.807, 2.05) is 0 Å². The molecular formula is C19H34N6O8S. The fraction of sp³-hybridized carbons (Fsp3) is 0.684. The van der Waals surface area contributed by atoms with E-state index < -0.39 is 72.6 Å². The van der Waals surface area contributed by atoms with Gasteiger partial charge in [-0.25, -0.2) is 4.79 Å². The van der Waals surface area contributed by atoms with Gasteiger partial charge in [-0.05, 0) is 44.2 Å². The minimum Gasteiger partial charge on any atom is -0.481 e. The highest BCUT2D eigenvalue weighted by Gasteiger charge is 2.31. The molecule has 0 saturated carbocycles. The number of carboxylic acid groups (broad SMARTS) is 2. The Morgan fingerprint density at radius 3 is 1.88 bits per heavy atom. The van der Waals surface area contributed by atoms with Crippen LogP contribution in [0.25, 0.3) is 0 Å². The van der Waals surface area contributed by atoms with Crippen molar-refractivity contribution in [3.63, 3.8) is 0 Å². The number of hydrogen-bond acceptors (Lipinski definition) is 9. The predicted molar refractivity (Wildman–Crippen MR) is 123 cm³/mol. The number of primary amides is 1. The third kappa shape index (κ3) is 13.0. The molecule has 0 aliphatic heterocycles. The number of nitrogens with two attached hydrogens (primary N) is 3. The van der Waals surface area contributed by atoms with Gasteiger partial charge in [-0.1, -0.05) is 0 Å². The van der Waals surface area contributed by atoms with E-state index >= 15 is 0 Å². The van der Waals surface area contributed by atoms with E-state index in [9.17, 15) is 33.9 Å². The minimum atomic E-state index is -1.61. The second-order valence-corrected chi connectivity index (χ2v) is 8.45. The van der Waals surface area contributed by atoms with Crippen LogP contribution in [-0.4, -0.2) is 88.5 Å². The molecule has 0 aliphatic carbocycles. The summed E-state index contributed by atoms with van der Waals surface area (Å²) in [7, 11) is 0. The van der Waals surface area contributed by atoms with Crippen molar-refractivity contribution >= 4 is 47.3 Å². The van der Waals surface area contributed by atoms with Gasteiger partial charge in [-0.15, -0.1) is 0 Å². The fourth-order valence-electron chi connectivity index (χ4n) is 2.77. The van der Waals surface area contributed by atoms with E-state index in [4.69, 9.17) is 22.3 Å². The van der Waals surface area contributed by atoms with Crippen LogP contribution < -0.4 is 33.2 Å². The summed E-state index contributed by atoms with van der Waals surface area (Å²) in [6.45, 7) is 0.323. The van der Waals surface area contributed by atoms with Gasteiger partial charge in [0, 0.05) is 0 Å². The lowest BCUT2D eigenvalue weighted by molar-refractivity contribution is -0.143. The summed E-state index contributed by atoms with van der Waals surface area (Å²) in [6.07, 6.45) is 1.61. The van der Waals surface area contributed by atoms with E-state index in [1.54, 1.807) is 6.26 Å². The summed E-state index contributed by atoms with van der Waals surface area (Å²) >= 11 is 1.40. The lowest BCUT2D eigenvalue weighted by Crippen LogP contribution is -2.57. The van der Waals surface area contributed by atoms with Gasteiger partial charge < -0.3 is 43.4 Å². The van der Waals surface area contributed by atoms with Crippen LogP contribution in [0.5, 0.6) is 0 Å². The molecule has 194 valence electrons. The van der Waals surface area contributed by atoms with Crippen LogP contribution >= 0.6 is 11.8 Å². The van der Waals surface area contributed by atoms with Gasteiger partial charge in [0.2, 0.25) is 23.6 Å². The molecule has 0 aromatic carbocycles. The van der Waals surface area contributed by atoms with E-state index in [-0.39, 0.29) is 12.8 Å². The maximum atomic E-state index is 12.8. The van der Waals surface area contributed by atoms with E-state index in [1.165, 1.54) is 11.8 Å². The highest BCUT2D eigenvalue weighted by atomic mass is 32.2. The average molecular weight is 507 g/mol. The van der Waals surface area contributed by atoms with Gasteiger partial charge in [-0.2, -0.15) is 11.8 Å². The van der Waals surface area contributed by atoms with Crippen LogP contribution in [0.4, 0.5) is 0 Å². The summed E-state index contributed by atoms with van der Waals surface area (Å²) in [5, 5.41) is 25.3. The zero-order valence-electron chi connectivity index (χ0n) is 19.0. The van der Waals surface area contributed by atoms with Crippen LogP contribution in [0.1, 0.15) is 38.5 Å². The van der Waals surface area contributed by atoms with Crippen LogP contribution in [0.3, 0.4) is 0 Å². The van der Waals surface area contributed by atoms with Crippen molar-refractivity contribution in [3.05, 3.63) is 0 Å². The SMILES string of the molecule is CSCCC(NC(=O)C(CCCCN)NC(=O)C(CC(=O)O)NC(=O)C(N)CC(N)=O)C(=O)O. The molecule has 0 heterocycles. The third-order valence-electron chi connectivity index (χ3n) is 4.57. The number of rotatable bonds is 18. The first-order chi connectivity index (χ1) is 15.9. The summed E-state index contributed by atoms with van der Waals surface area (Å²) < 4.78 is 0. The zero-order valence-corrected chi connectivity index (χ0v) is 19.8. The molecule has 0 aromatic heterocycles. The molecule has 11 N–H and O–H groups in total. The van der Waals surface area contributed by atoms with Gasteiger partial charge in [0.25, 0.3) is 0 Å². The Hall–Kier alpha value is -2.91. The third-order valence-corrected chi connectivity index (χ3v) is 5.22. The second kappa shape index (κ2) is 16.7. The number of amides is 4. The number of nitrogens with one attached hydrogen (secondary N) is 3. The Bertz CT molecular complexity index is 738. The highest BCUT2D eigenvalue weighted by molar-refractivity contribution is 7.98. The van der Waals surface area contributed by atoms with Gasteiger partial charge >= 0.3 is 11.9 Å². The number of carboxylic acids is 2. The van der Waals surface area contributed by atoms with Gasteiger partial charge in [-0.3, -0.25) is 24.0 Å². The van der Waals surface area contributed by atoms with Gasteiger partial charge in [0.05, 0.1) is 18.9 Å². The molecule has 4 unspecified atom stereocenters. The second-order valence-electron chi connectivity index (χ2n) is 7.46. The van der Waals surface area contributed by atoms with E-state index in [0.717, 1.165) is 0 Å². The number of thioether (sulfide) groups is 1. The molecule has 4 amide bonds. The highest BCUT2D eigenvalue weighted by Crippen LogP contribution is 2.06. The largest absolute Gasteiger partial charge is 0.481 e. The number of carbonyl (C=O) groups is 6. The molecule has 14 nitrogen and oxygen atoms in total. The van der Waals surface area contributed by atoms with Crippen LogP contribution in [0.2, 0.25) is 0 Å². The van der Waals surface area contributed by atoms with Crippen molar-refractivity contribution in [1.82, 2.24) is 16.0 Å². The summed E-state index contributed by atoms with van der Waals surface area (Å²) in [4.78, 5) is 71.2. The first kappa shape index (κ1) is 31.1. The van der Waals surface area contributed by atoms with Crippen LogP contribution in [0, 0.1) is 0 Å². The number of carbonyl (C=O) groups excluding carboxylic acids is 4. The first-order valence-corrected chi connectivity index (χ1v) is 11.9. The molecule has 15 heteroatoms. The molecule has 0 rings (SSSR count). The van der Waals surface area contributed by atoms with Crippen LogP contribution in [-0.2, 0) is 28.8 Å². The molecule has 0 radical (unpaired) electrons.